The third-order valence-corrected chi connectivity index (χ3v) is 4.42. The van der Waals surface area contributed by atoms with Gasteiger partial charge in [0.1, 0.15) is 0 Å². The van der Waals surface area contributed by atoms with E-state index in [4.69, 9.17) is 23.2 Å². The molecule has 1 aromatic carbocycles. The smallest absolute Gasteiger partial charge is 0.178 e. The number of alkyl halides is 1. The molecule has 0 N–H and O–H groups in total. The van der Waals surface area contributed by atoms with Crippen molar-refractivity contribution in [2.45, 2.75) is 0 Å². The van der Waals surface area contributed by atoms with E-state index in [-0.39, 0.29) is 11.7 Å². The zero-order valence-electron chi connectivity index (χ0n) is 6.28. The predicted molar refractivity (Wildman–Crippen MR) is 66.9 cm³/mol. The van der Waals surface area contributed by atoms with Gasteiger partial charge in [0, 0.05) is 13.6 Å². The minimum Gasteiger partial charge on any atom is -0.293 e. The Bertz CT molecular complexity index is 354. The number of carbonyl (C=O) groups is 1. The second kappa shape index (κ2) is 4.96. The van der Waals surface area contributed by atoms with E-state index in [0.717, 1.165) is 8.04 Å². The van der Waals surface area contributed by atoms with Crippen LogP contribution in [0.4, 0.5) is 0 Å². The van der Waals surface area contributed by atoms with Crippen LogP contribution in [0.15, 0.2) is 16.6 Å². The van der Waals surface area contributed by atoms with Gasteiger partial charge in [-0.25, -0.2) is 0 Å². The van der Waals surface area contributed by atoms with Gasteiger partial charge in [-0.2, -0.15) is 0 Å². The molecule has 0 heterocycles. The van der Waals surface area contributed by atoms with Gasteiger partial charge < -0.3 is 0 Å². The first-order valence-electron chi connectivity index (χ1n) is 3.30. The lowest BCUT2D eigenvalue weighted by Crippen LogP contribution is -2.03. The van der Waals surface area contributed by atoms with Crippen molar-refractivity contribution in [2.24, 2.45) is 0 Å². The summed E-state index contributed by atoms with van der Waals surface area (Å²) >= 11 is 16.7. The molecule has 1 rings (SSSR count). The molecule has 0 aromatic heterocycles. The molecule has 0 aliphatic carbocycles. The zero-order valence-corrected chi connectivity index (χ0v) is 11.5. The molecule has 70 valence electrons. The molecule has 0 fully saturated rings. The van der Waals surface area contributed by atoms with Crippen molar-refractivity contribution in [3.63, 3.8) is 0 Å². The van der Waals surface area contributed by atoms with Gasteiger partial charge in [0.25, 0.3) is 0 Å². The van der Waals surface area contributed by atoms with Crippen molar-refractivity contribution >= 4 is 67.5 Å². The van der Waals surface area contributed by atoms with E-state index in [0.29, 0.717) is 10.6 Å². The van der Waals surface area contributed by atoms with Crippen LogP contribution in [-0.2, 0) is 0 Å². The largest absolute Gasteiger partial charge is 0.293 e. The summed E-state index contributed by atoms with van der Waals surface area (Å²) < 4.78 is 1.52. The lowest BCUT2D eigenvalue weighted by Gasteiger charge is -2.04. The van der Waals surface area contributed by atoms with E-state index in [9.17, 15) is 4.79 Å². The number of halogens is 4. The topological polar surface area (TPSA) is 17.1 Å². The average Bonchev–Trinajstić information content (AvgIpc) is 2.13. The highest BCUT2D eigenvalue weighted by atomic mass is 127. The molecule has 0 unspecified atom stereocenters. The van der Waals surface area contributed by atoms with Crippen molar-refractivity contribution in [1.29, 1.82) is 0 Å². The third-order valence-electron chi connectivity index (χ3n) is 1.46. The second-order valence-corrected chi connectivity index (χ2v) is 4.86. The van der Waals surface area contributed by atoms with Crippen LogP contribution in [0.5, 0.6) is 0 Å². The van der Waals surface area contributed by atoms with Crippen molar-refractivity contribution in [2.75, 3.05) is 5.88 Å². The van der Waals surface area contributed by atoms with Crippen LogP contribution in [0.3, 0.4) is 0 Å². The molecular formula is C8H4BrCl2IO. The average molecular weight is 394 g/mol. The van der Waals surface area contributed by atoms with Crippen molar-refractivity contribution in [1.82, 2.24) is 0 Å². The summed E-state index contributed by atoms with van der Waals surface area (Å²) in [4.78, 5) is 11.3. The van der Waals surface area contributed by atoms with Gasteiger partial charge in [0.2, 0.25) is 0 Å². The van der Waals surface area contributed by atoms with E-state index < -0.39 is 0 Å². The van der Waals surface area contributed by atoms with Crippen LogP contribution in [0.1, 0.15) is 10.4 Å². The molecule has 0 aliphatic rings. The molecule has 0 bridgehead atoms. The van der Waals surface area contributed by atoms with Gasteiger partial charge in [-0.1, -0.05) is 11.6 Å². The van der Waals surface area contributed by atoms with Gasteiger partial charge in [-0.05, 0) is 50.7 Å². The maximum atomic E-state index is 11.3. The Balaban J connectivity index is 3.26. The Hall–Kier alpha value is 0.680. The summed E-state index contributed by atoms with van der Waals surface area (Å²) in [6.07, 6.45) is 0. The summed E-state index contributed by atoms with van der Waals surface area (Å²) in [5.74, 6) is -0.131. The number of hydrogen-bond acceptors (Lipinski definition) is 1. The normalized spacial score (nSPS) is 10.2. The van der Waals surface area contributed by atoms with Gasteiger partial charge >= 0.3 is 0 Å². The first kappa shape index (κ1) is 11.8. The lowest BCUT2D eigenvalue weighted by atomic mass is 10.1. The molecular weight excluding hydrogens is 390 g/mol. The van der Waals surface area contributed by atoms with Gasteiger partial charge in [0.05, 0.1) is 10.9 Å². The lowest BCUT2D eigenvalue weighted by molar-refractivity contribution is 0.102. The monoisotopic (exact) mass is 392 g/mol. The molecule has 5 heteroatoms. The number of hydrogen-bond donors (Lipinski definition) is 0. The maximum Gasteiger partial charge on any atom is 0.178 e. The Kier molecular flexibility index (Phi) is 4.48. The number of carbonyl (C=O) groups excluding carboxylic acids is 1. The highest BCUT2D eigenvalue weighted by Crippen LogP contribution is 2.30. The van der Waals surface area contributed by atoms with Crippen LogP contribution >= 0.6 is 61.7 Å². The Morgan fingerprint density at radius 1 is 1.54 bits per heavy atom. The van der Waals surface area contributed by atoms with Crippen LogP contribution in [0.2, 0.25) is 5.02 Å². The fourth-order valence-corrected chi connectivity index (χ4v) is 2.59. The van der Waals surface area contributed by atoms with E-state index in [1.807, 2.05) is 22.6 Å². The number of rotatable bonds is 2. The van der Waals surface area contributed by atoms with Crippen molar-refractivity contribution < 1.29 is 4.79 Å². The Labute approximate surface area is 108 Å². The van der Waals surface area contributed by atoms with Crippen molar-refractivity contribution in [3.8, 4) is 0 Å². The highest BCUT2D eigenvalue weighted by Gasteiger charge is 2.12. The molecule has 0 aliphatic heterocycles. The molecule has 0 saturated heterocycles. The Morgan fingerprint density at radius 2 is 2.15 bits per heavy atom. The van der Waals surface area contributed by atoms with Gasteiger partial charge in [0.15, 0.2) is 5.78 Å². The fraction of sp³-hybridized carbons (Fsp3) is 0.125. The molecule has 0 spiro atoms. The minimum absolute atomic E-state index is 0.0199. The number of ketones is 1. The third kappa shape index (κ3) is 2.58. The van der Waals surface area contributed by atoms with E-state index in [1.165, 1.54) is 0 Å². The Morgan fingerprint density at radius 3 is 2.69 bits per heavy atom. The minimum atomic E-state index is -0.111. The number of Topliss-reactive ketones (excluding diaryl/α,β-unsaturated/α-hetero) is 1. The summed E-state index contributed by atoms with van der Waals surface area (Å²) in [7, 11) is 0. The summed E-state index contributed by atoms with van der Waals surface area (Å²) in [6.45, 7) is 0. The molecule has 0 atom stereocenters. The van der Waals surface area contributed by atoms with E-state index >= 15 is 0 Å². The zero-order chi connectivity index (χ0) is 10.0. The molecule has 13 heavy (non-hydrogen) atoms. The van der Waals surface area contributed by atoms with Gasteiger partial charge in [-0.3, -0.25) is 4.79 Å². The molecule has 0 saturated carbocycles. The van der Waals surface area contributed by atoms with Gasteiger partial charge in [-0.15, -0.1) is 11.6 Å². The summed E-state index contributed by atoms with van der Waals surface area (Å²) in [5, 5.41) is 0.552. The quantitative estimate of drug-likeness (QED) is 0.319. The first-order valence-corrected chi connectivity index (χ1v) is 6.09. The molecule has 0 amide bonds. The fourth-order valence-electron chi connectivity index (χ4n) is 0.813. The summed E-state index contributed by atoms with van der Waals surface area (Å²) in [6, 6.07) is 3.45. The summed E-state index contributed by atoms with van der Waals surface area (Å²) in [5.41, 5.74) is 0.573. The highest BCUT2D eigenvalue weighted by molar-refractivity contribution is 14.1. The standard InChI is InChI=1S/C8H4BrCl2IO/c9-5-2-1-4(6(13)3-10)8(12)7(5)11/h1-2H,3H2. The second-order valence-electron chi connectivity index (χ2n) is 2.28. The SMILES string of the molecule is O=C(CCl)c1ccc(Br)c(Cl)c1I. The van der Waals surface area contributed by atoms with Crippen LogP contribution in [0, 0.1) is 3.57 Å². The maximum absolute atomic E-state index is 11.3. The van der Waals surface area contributed by atoms with Crippen molar-refractivity contribution in [3.05, 3.63) is 30.8 Å². The van der Waals surface area contributed by atoms with Crippen LogP contribution < -0.4 is 0 Å². The van der Waals surface area contributed by atoms with Crippen LogP contribution in [-0.4, -0.2) is 11.7 Å². The van der Waals surface area contributed by atoms with E-state index in [1.54, 1.807) is 12.1 Å². The predicted octanol–water partition coefficient (Wildman–Crippen LogP) is 4.13. The van der Waals surface area contributed by atoms with Crippen LogP contribution in [0.25, 0.3) is 0 Å². The molecule has 0 radical (unpaired) electrons. The molecule has 1 aromatic rings. The first-order chi connectivity index (χ1) is 6.07. The number of benzene rings is 1. The van der Waals surface area contributed by atoms with E-state index in [2.05, 4.69) is 15.9 Å². The molecule has 1 nitrogen and oxygen atoms in total.